The molecule has 0 unspecified atom stereocenters. The van der Waals surface area contributed by atoms with E-state index in [0.29, 0.717) is 16.4 Å². The quantitative estimate of drug-likeness (QED) is 0.464. The Kier molecular flexibility index (Phi) is 7.78. The number of esters is 1. The number of carbonyl (C=O) groups excluding carboxylic acids is 2. The molecule has 0 bridgehead atoms. The molecule has 1 aromatic heterocycles. The zero-order valence-corrected chi connectivity index (χ0v) is 18.7. The van der Waals surface area contributed by atoms with Crippen LogP contribution in [0, 0.1) is 0 Å². The van der Waals surface area contributed by atoms with Crippen molar-refractivity contribution in [3.8, 4) is 0 Å². The third kappa shape index (κ3) is 6.61. The lowest BCUT2D eigenvalue weighted by atomic mass is 10.2. The second-order valence-corrected chi connectivity index (χ2v) is 9.84. The Morgan fingerprint density at radius 3 is 2.52 bits per heavy atom. The Hall–Kier alpha value is -2.75. The summed E-state index contributed by atoms with van der Waals surface area (Å²) in [5, 5.41) is 2.39. The molecular formula is C21H19ClN2O5S2. The molecule has 3 aromatic rings. The van der Waals surface area contributed by atoms with Gasteiger partial charge in [0.2, 0.25) is 0 Å². The first kappa shape index (κ1) is 22.9. The molecule has 0 saturated carbocycles. The van der Waals surface area contributed by atoms with E-state index in [1.165, 1.54) is 23.5 Å². The summed E-state index contributed by atoms with van der Waals surface area (Å²) in [6.45, 7) is -0.124. The predicted octanol–water partition coefficient (Wildman–Crippen LogP) is 3.09. The molecule has 10 heteroatoms. The molecule has 0 aliphatic rings. The third-order valence-corrected chi connectivity index (χ3v) is 7.11. The van der Waals surface area contributed by atoms with Gasteiger partial charge in [0.25, 0.3) is 5.91 Å². The number of benzene rings is 2. The highest BCUT2D eigenvalue weighted by molar-refractivity contribution is 7.91. The van der Waals surface area contributed by atoms with E-state index < -0.39 is 34.1 Å². The standard InChI is InChI=1S/C21H19ClN2O5S2/c22-18-9-5-4-6-16(18)14-24-11-12-30-21(24)23-19(25)15-29-20(26)10-13-31(27,28)17-7-2-1-3-8-17/h1-9,11-12H,10,13-15H2. The number of carbonyl (C=O) groups is 2. The number of rotatable bonds is 8. The van der Waals surface area contributed by atoms with Crippen LogP contribution in [0.25, 0.3) is 0 Å². The van der Waals surface area contributed by atoms with Gasteiger partial charge in [-0.15, -0.1) is 11.3 Å². The van der Waals surface area contributed by atoms with Crippen molar-refractivity contribution in [1.29, 1.82) is 0 Å². The van der Waals surface area contributed by atoms with Crippen molar-refractivity contribution < 1.29 is 22.7 Å². The summed E-state index contributed by atoms with van der Waals surface area (Å²) >= 11 is 7.44. The van der Waals surface area contributed by atoms with E-state index in [0.717, 1.165) is 5.56 Å². The van der Waals surface area contributed by atoms with E-state index >= 15 is 0 Å². The number of nitrogens with zero attached hydrogens (tertiary/aromatic N) is 2. The zero-order valence-electron chi connectivity index (χ0n) is 16.3. The SMILES string of the molecule is O=C(COC(=O)CCS(=O)(=O)c1ccccc1)N=c1sccn1Cc1ccccc1Cl. The lowest BCUT2D eigenvalue weighted by molar-refractivity contribution is -0.147. The first-order valence-electron chi connectivity index (χ1n) is 9.23. The molecule has 3 rings (SSSR count). The van der Waals surface area contributed by atoms with Crippen molar-refractivity contribution in [2.75, 3.05) is 12.4 Å². The monoisotopic (exact) mass is 478 g/mol. The minimum atomic E-state index is -3.60. The zero-order chi connectivity index (χ0) is 22.3. The van der Waals surface area contributed by atoms with Crippen molar-refractivity contribution in [1.82, 2.24) is 4.57 Å². The van der Waals surface area contributed by atoms with Crippen molar-refractivity contribution in [2.45, 2.75) is 17.9 Å². The Morgan fingerprint density at radius 2 is 1.77 bits per heavy atom. The third-order valence-electron chi connectivity index (χ3n) is 4.21. The number of amides is 1. The average molecular weight is 479 g/mol. The highest BCUT2D eigenvalue weighted by Crippen LogP contribution is 2.15. The van der Waals surface area contributed by atoms with E-state index in [9.17, 15) is 18.0 Å². The van der Waals surface area contributed by atoms with Gasteiger partial charge in [0.15, 0.2) is 21.2 Å². The Labute approximate surface area is 188 Å². The topological polar surface area (TPSA) is 94.8 Å². The minimum absolute atomic E-state index is 0.134. The number of aromatic nitrogens is 1. The van der Waals surface area contributed by atoms with Crippen LogP contribution in [0.15, 0.2) is 76.1 Å². The summed E-state index contributed by atoms with van der Waals surface area (Å²) in [7, 11) is -3.60. The van der Waals surface area contributed by atoms with Crippen LogP contribution < -0.4 is 4.80 Å². The maximum atomic E-state index is 12.2. The lowest BCUT2D eigenvalue weighted by Gasteiger charge is -2.06. The highest BCUT2D eigenvalue weighted by atomic mass is 35.5. The van der Waals surface area contributed by atoms with E-state index in [4.69, 9.17) is 16.3 Å². The number of hydrogen-bond donors (Lipinski definition) is 0. The first-order valence-corrected chi connectivity index (χ1v) is 12.1. The van der Waals surface area contributed by atoms with Gasteiger partial charge < -0.3 is 9.30 Å². The number of halogens is 1. The van der Waals surface area contributed by atoms with Crippen LogP contribution in [0.5, 0.6) is 0 Å². The number of sulfone groups is 1. The second-order valence-electron chi connectivity index (χ2n) is 6.45. The summed E-state index contributed by atoms with van der Waals surface area (Å²) < 4.78 is 31.0. The molecule has 2 aromatic carbocycles. The average Bonchev–Trinajstić information content (AvgIpc) is 3.19. The van der Waals surface area contributed by atoms with Crippen LogP contribution in [0.2, 0.25) is 5.02 Å². The maximum absolute atomic E-state index is 12.2. The summed E-state index contributed by atoms with van der Waals surface area (Å²) in [6, 6.07) is 15.2. The molecule has 0 radical (unpaired) electrons. The molecule has 162 valence electrons. The van der Waals surface area contributed by atoms with Gasteiger partial charge in [0, 0.05) is 16.6 Å². The van der Waals surface area contributed by atoms with Crippen LogP contribution in [0.1, 0.15) is 12.0 Å². The lowest BCUT2D eigenvalue weighted by Crippen LogP contribution is -2.20. The minimum Gasteiger partial charge on any atom is -0.455 e. The molecular weight excluding hydrogens is 460 g/mol. The summed E-state index contributed by atoms with van der Waals surface area (Å²) in [6.07, 6.45) is 1.43. The number of hydrogen-bond acceptors (Lipinski definition) is 6. The molecule has 0 aliphatic heterocycles. The fraction of sp³-hybridized carbons (Fsp3) is 0.190. The Bertz CT molecular complexity index is 1230. The van der Waals surface area contributed by atoms with Gasteiger partial charge in [-0.05, 0) is 23.8 Å². The van der Waals surface area contributed by atoms with Gasteiger partial charge in [-0.1, -0.05) is 48.0 Å². The van der Waals surface area contributed by atoms with Gasteiger partial charge in [-0.25, -0.2) is 8.42 Å². The van der Waals surface area contributed by atoms with Crippen molar-refractivity contribution in [2.24, 2.45) is 4.99 Å². The largest absolute Gasteiger partial charge is 0.455 e. The predicted molar refractivity (Wildman–Crippen MR) is 118 cm³/mol. The molecule has 0 atom stereocenters. The van der Waals surface area contributed by atoms with Crippen LogP contribution in [-0.2, 0) is 30.7 Å². The van der Waals surface area contributed by atoms with Gasteiger partial charge in [-0.3, -0.25) is 9.59 Å². The fourth-order valence-corrected chi connectivity index (χ4v) is 4.82. The molecule has 0 spiro atoms. The summed E-state index contributed by atoms with van der Waals surface area (Å²) in [5.74, 6) is -1.82. The van der Waals surface area contributed by atoms with Gasteiger partial charge in [-0.2, -0.15) is 4.99 Å². The number of thiazole rings is 1. The highest BCUT2D eigenvalue weighted by Gasteiger charge is 2.17. The van der Waals surface area contributed by atoms with Gasteiger partial charge in [0.1, 0.15) is 0 Å². The van der Waals surface area contributed by atoms with Crippen LogP contribution in [0.3, 0.4) is 0 Å². The normalized spacial score (nSPS) is 12.0. The molecule has 1 heterocycles. The smallest absolute Gasteiger partial charge is 0.307 e. The summed E-state index contributed by atoms with van der Waals surface area (Å²) in [4.78, 5) is 28.5. The van der Waals surface area contributed by atoms with Crippen molar-refractivity contribution in [3.05, 3.63) is 81.6 Å². The first-order chi connectivity index (χ1) is 14.8. The van der Waals surface area contributed by atoms with Crippen LogP contribution in [-0.4, -0.2) is 37.2 Å². The Morgan fingerprint density at radius 1 is 1.06 bits per heavy atom. The summed E-state index contributed by atoms with van der Waals surface area (Å²) in [5.41, 5.74) is 0.877. The van der Waals surface area contributed by atoms with E-state index in [2.05, 4.69) is 4.99 Å². The maximum Gasteiger partial charge on any atom is 0.307 e. The molecule has 0 fully saturated rings. The van der Waals surface area contributed by atoms with E-state index in [1.54, 1.807) is 40.4 Å². The molecule has 1 amide bonds. The molecule has 0 saturated heterocycles. The van der Waals surface area contributed by atoms with Crippen molar-refractivity contribution >= 4 is 44.7 Å². The van der Waals surface area contributed by atoms with E-state index in [1.807, 2.05) is 18.2 Å². The second kappa shape index (κ2) is 10.5. The van der Waals surface area contributed by atoms with Gasteiger partial charge >= 0.3 is 5.97 Å². The molecule has 31 heavy (non-hydrogen) atoms. The molecule has 0 N–H and O–H groups in total. The number of ether oxygens (including phenoxy) is 1. The van der Waals surface area contributed by atoms with Gasteiger partial charge in [0.05, 0.1) is 23.6 Å². The molecule has 7 nitrogen and oxygen atoms in total. The van der Waals surface area contributed by atoms with Crippen LogP contribution >= 0.6 is 22.9 Å². The molecule has 0 aliphatic carbocycles. The van der Waals surface area contributed by atoms with Crippen LogP contribution in [0.4, 0.5) is 0 Å². The fourth-order valence-electron chi connectivity index (χ4n) is 2.63. The Balaban J connectivity index is 1.55. The van der Waals surface area contributed by atoms with E-state index in [-0.39, 0.29) is 11.3 Å². The van der Waals surface area contributed by atoms with Crippen molar-refractivity contribution in [3.63, 3.8) is 0 Å².